The predicted molar refractivity (Wildman–Crippen MR) is 94.9 cm³/mol. The van der Waals surface area contributed by atoms with Crippen LogP contribution in [0.1, 0.15) is 18.5 Å². The molecule has 0 spiro atoms. The summed E-state index contributed by atoms with van der Waals surface area (Å²) in [4.78, 5) is 39.4. The van der Waals surface area contributed by atoms with E-state index in [0.717, 1.165) is 51.3 Å². The lowest BCUT2D eigenvalue weighted by Crippen LogP contribution is -2.46. The summed E-state index contributed by atoms with van der Waals surface area (Å²) >= 11 is 0. The van der Waals surface area contributed by atoms with E-state index in [1.165, 1.54) is 0 Å². The second kappa shape index (κ2) is 10.6. The second-order valence-corrected chi connectivity index (χ2v) is 6.42. The first kappa shape index (κ1) is 20.8. The highest BCUT2D eigenvalue weighted by molar-refractivity contribution is 6.27. The Morgan fingerprint density at radius 3 is 2.19 bits per heavy atom. The summed E-state index contributed by atoms with van der Waals surface area (Å²) in [5.41, 5.74) is 1.11. The van der Waals surface area contributed by atoms with Gasteiger partial charge in [-0.25, -0.2) is 9.59 Å². The minimum absolute atomic E-state index is 0.197. The molecule has 1 aromatic heterocycles. The Morgan fingerprint density at radius 2 is 1.67 bits per heavy atom. The largest absolute Gasteiger partial charge is 0.473 e. The number of hydrogen-bond donors (Lipinski definition) is 2. The highest BCUT2D eigenvalue weighted by Crippen LogP contribution is 2.21. The third-order valence-electron chi connectivity index (χ3n) is 4.55. The van der Waals surface area contributed by atoms with Crippen molar-refractivity contribution in [1.29, 1.82) is 0 Å². The Kier molecular flexibility index (Phi) is 8.15. The van der Waals surface area contributed by atoms with Crippen molar-refractivity contribution < 1.29 is 29.3 Å². The molecule has 3 heterocycles. The number of carbonyl (C=O) groups excluding carboxylic acids is 1. The molecule has 2 aliphatic rings. The van der Waals surface area contributed by atoms with Crippen LogP contribution in [0.5, 0.6) is 0 Å². The highest BCUT2D eigenvalue weighted by atomic mass is 16.5. The molecule has 0 unspecified atom stereocenters. The third-order valence-corrected chi connectivity index (χ3v) is 4.55. The summed E-state index contributed by atoms with van der Waals surface area (Å²) in [5.74, 6) is -3.12. The number of nitrogens with zero attached hydrogens (tertiary/aromatic N) is 3. The van der Waals surface area contributed by atoms with Crippen LogP contribution >= 0.6 is 0 Å². The molecule has 1 amide bonds. The first-order valence-electron chi connectivity index (χ1n) is 8.92. The van der Waals surface area contributed by atoms with E-state index >= 15 is 0 Å². The van der Waals surface area contributed by atoms with Gasteiger partial charge in [0.1, 0.15) is 0 Å². The summed E-state index contributed by atoms with van der Waals surface area (Å²) in [5, 5.41) is 14.8. The fourth-order valence-electron chi connectivity index (χ4n) is 3.10. The number of ether oxygens (including phenoxy) is 1. The smallest absolute Gasteiger partial charge is 0.414 e. The zero-order valence-electron chi connectivity index (χ0n) is 15.1. The van der Waals surface area contributed by atoms with Crippen molar-refractivity contribution in [2.75, 3.05) is 39.4 Å². The predicted octanol–water partition coefficient (Wildman–Crippen LogP) is 0.308. The lowest BCUT2D eigenvalue weighted by Gasteiger charge is -2.35. The fraction of sp³-hybridized carbons (Fsp3) is 0.556. The Morgan fingerprint density at radius 1 is 1.04 bits per heavy atom. The van der Waals surface area contributed by atoms with E-state index in [1.54, 1.807) is 0 Å². The van der Waals surface area contributed by atoms with Gasteiger partial charge in [-0.2, -0.15) is 0 Å². The van der Waals surface area contributed by atoms with Crippen molar-refractivity contribution in [3.8, 4) is 0 Å². The molecule has 0 radical (unpaired) electrons. The van der Waals surface area contributed by atoms with Crippen LogP contribution in [-0.2, 0) is 25.7 Å². The summed E-state index contributed by atoms with van der Waals surface area (Å²) in [7, 11) is 0. The van der Waals surface area contributed by atoms with Crippen molar-refractivity contribution in [1.82, 2.24) is 14.8 Å². The molecule has 2 aliphatic heterocycles. The number of carboxylic acid groups (broad SMARTS) is 2. The molecule has 0 bridgehead atoms. The van der Waals surface area contributed by atoms with Crippen LogP contribution in [0, 0.1) is 5.92 Å². The number of likely N-dealkylation sites (tertiary alicyclic amines) is 1. The topological polar surface area (TPSA) is 120 Å². The van der Waals surface area contributed by atoms with Gasteiger partial charge < -0.3 is 19.8 Å². The Labute approximate surface area is 157 Å². The lowest BCUT2D eigenvalue weighted by atomic mass is 9.95. The maximum Gasteiger partial charge on any atom is 0.414 e. The molecule has 0 aromatic carbocycles. The van der Waals surface area contributed by atoms with E-state index in [4.69, 9.17) is 24.5 Å². The number of amides is 1. The number of carboxylic acids is 2. The quantitative estimate of drug-likeness (QED) is 0.720. The van der Waals surface area contributed by atoms with E-state index in [0.29, 0.717) is 19.1 Å². The van der Waals surface area contributed by atoms with Crippen LogP contribution in [0.4, 0.5) is 0 Å². The minimum Gasteiger partial charge on any atom is -0.473 e. The number of aromatic nitrogens is 1. The molecule has 1 aromatic rings. The van der Waals surface area contributed by atoms with Crippen molar-refractivity contribution in [2.45, 2.75) is 19.4 Å². The van der Waals surface area contributed by atoms with Gasteiger partial charge in [0.15, 0.2) is 0 Å². The molecule has 27 heavy (non-hydrogen) atoms. The molecule has 9 nitrogen and oxygen atoms in total. The van der Waals surface area contributed by atoms with Crippen LogP contribution in [0.25, 0.3) is 0 Å². The molecular formula is C18H25N3O6. The second-order valence-electron chi connectivity index (χ2n) is 6.42. The summed E-state index contributed by atoms with van der Waals surface area (Å²) in [6, 6.07) is 6.03. The van der Waals surface area contributed by atoms with Gasteiger partial charge in [-0.3, -0.25) is 14.7 Å². The van der Waals surface area contributed by atoms with E-state index in [2.05, 4.69) is 16.0 Å². The third kappa shape index (κ3) is 6.95. The van der Waals surface area contributed by atoms with Crippen LogP contribution < -0.4 is 0 Å². The zero-order chi connectivity index (χ0) is 19.6. The van der Waals surface area contributed by atoms with Crippen molar-refractivity contribution in [2.24, 2.45) is 5.92 Å². The van der Waals surface area contributed by atoms with Gasteiger partial charge in [0.05, 0.1) is 18.9 Å². The molecule has 2 N–H and O–H groups in total. The molecular weight excluding hydrogens is 354 g/mol. The normalized spacial score (nSPS) is 18.3. The van der Waals surface area contributed by atoms with Crippen LogP contribution in [0.2, 0.25) is 0 Å². The molecule has 0 atom stereocenters. The van der Waals surface area contributed by atoms with E-state index < -0.39 is 11.9 Å². The summed E-state index contributed by atoms with van der Waals surface area (Å²) in [6.45, 7) is 5.74. The van der Waals surface area contributed by atoms with Crippen molar-refractivity contribution in [3.63, 3.8) is 0 Å². The Hall–Kier alpha value is -2.52. The standard InChI is InChI=1S/C16H23N3O2.C2H2O4/c20-16(19-9-11-21-12-10-19)14-4-7-18(8-5-14)13-15-3-1-2-6-17-15;3-1(4)2(5)6/h1-3,6,14H,4-5,7-13H2;(H,3,4)(H,5,6). The first-order valence-corrected chi connectivity index (χ1v) is 8.92. The minimum atomic E-state index is -1.82. The van der Waals surface area contributed by atoms with E-state index in [-0.39, 0.29) is 5.92 Å². The molecule has 9 heteroatoms. The maximum atomic E-state index is 12.5. The monoisotopic (exact) mass is 379 g/mol. The maximum absolute atomic E-state index is 12.5. The number of hydrogen-bond acceptors (Lipinski definition) is 6. The average Bonchev–Trinajstić information content (AvgIpc) is 2.70. The van der Waals surface area contributed by atoms with Gasteiger partial charge in [0.2, 0.25) is 5.91 Å². The average molecular weight is 379 g/mol. The SMILES string of the molecule is O=C(C1CCN(Cc2ccccn2)CC1)N1CCOCC1.O=C(O)C(=O)O. The van der Waals surface area contributed by atoms with Crippen molar-refractivity contribution >= 4 is 17.8 Å². The van der Waals surface area contributed by atoms with Gasteiger partial charge in [0, 0.05) is 31.7 Å². The van der Waals surface area contributed by atoms with Crippen LogP contribution in [-0.4, -0.2) is 82.2 Å². The highest BCUT2D eigenvalue weighted by Gasteiger charge is 2.29. The van der Waals surface area contributed by atoms with Gasteiger partial charge in [-0.05, 0) is 38.1 Å². The number of carbonyl (C=O) groups is 3. The number of rotatable bonds is 3. The van der Waals surface area contributed by atoms with Gasteiger partial charge in [-0.1, -0.05) is 6.07 Å². The molecule has 2 fully saturated rings. The number of morpholine rings is 1. The lowest BCUT2D eigenvalue weighted by molar-refractivity contribution is -0.159. The summed E-state index contributed by atoms with van der Waals surface area (Å²) in [6.07, 6.45) is 3.76. The molecule has 0 saturated carbocycles. The molecule has 0 aliphatic carbocycles. The fourth-order valence-corrected chi connectivity index (χ4v) is 3.10. The summed E-state index contributed by atoms with van der Waals surface area (Å²) < 4.78 is 5.31. The number of aliphatic carboxylic acids is 2. The number of piperidine rings is 1. The van der Waals surface area contributed by atoms with E-state index in [9.17, 15) is 4.79 Å². The van der Waals surface area contributed by atoms with E-state index in [1.807, 2.05) is 23.2 Å². The number of pyridine rings is 1. The van der Waals surface area contributed by atoms with Gasteiger partial charge in [0.25, 0.3) is 0 Å². The molecule has 2 saturated heterocycles. The van der Waals surface area contributed by atoms with Gasteiger partial charge in [-0.15, -0.1) is 0 Å². The Balaban J connectivity index is 0.000000380. The Bertz CT molecular complexity index is 613. The van der Waals surface area contributed by atoms with Crippen LogP contribution in [0.3, 0.4) is 0 Å². The van der Waals surface area contributed by atoms with Crippen molar-refractivity contribution in [3.05, 3.63) is 30.1 Å². The van der Waals surface area contributed by atoms with Crippen LogP contribution in [0.15, 0.2) is 24.4 Å². The zero-order valence-corrected chi connectivity index (χ0v) is 15.1. The van der Waals surface area contributed by atoms with Gasteiger partial charge >= 0.3 is 11.9 Å². The molecule has 3 rings (SSSR count). The molecule has 148 valence electrons. The first-order chi connectivity index (χ1) is 13.0.